The molecule has 0 aliphatic heterocycles. The molecule has 0 aliphatic carbocycles. The number of methoxy groups -OCH3 is 1. The normalized spacial score (nSPS) is 12.8. The van der Waals surface area contributed by atoms with Gasteiger partial charge in [-0.05, 0) is 31.0 Å². The molecule has 0 aliphatic rings. The fraction of sp³-hybridized carbons (Fsp3) is 0.538. The summed E-state index contributed by atoms with van der Waals surface area (Å²) in [6.07, 6.45) is 0. The van der Waals surface area contributed by atoms with Crippen LogP contribution in [0.3, 0.4) is 0 Å². The highest BCUT2D eigenvalue weighted by molar-refractivity contribution is 5.34. The lowest BCUT2D eigenvalue weighted by atomic mass is 9.99. The third-order valence-electron chi connectivity index (χ3n) is 2.58. The van der Waals surface area contributed by atoms with Gasteiger partial charge in [0.05, 0.1) is 25.9 Å². The first-order valence-corrected chi connectivity index (χ1v) is 5.65. The van der Waals surface area contributed by atoms with Crippen molar-refractivity contribution in [2.45, 2.75) is 19.9 Å². The van der Waals surface area contributed by atoms with Crippen LogP contribution in [0.25, 0.3) is 0 Å². The Hall–Kier alpha value is -0.970. The number of nitrogens with two attached hydrogens (primary N) is 1. The van der Waals surface area contributed by atoms with E-state index in [9.17, 15) is 4.39 Å². The van der Waals surface area contributed by atoms with Crippen LogP contribution in [0.4, 0.5) is 4.39 Å². The molecule has 1 unspecified atom stereocenters. The maximum absolute atomic E-state index is 13.8. The van der Waals surface area contributed by atoms with E-state index in [4.69, 9.17) is 15.2 Å². The highest BCUT2D eigenvalue weighted by atomic mass is 19.1. The van der Waals surface area contributed by atoms with Gasteiger partial charge in [-0.3, -0.25) is 0 Å². The Labute approximate surface area is 102 Å². The summed E-state index contributed by atoms with van der Waals surface area (Å²) >= 11 is 0. The molecule has 0 heterocycles. The second-order valence-corrected chi connectivity index (χ2v) is 4.15. The number of rotatable bonds is 6. The van der Waals surface area contributed by atoms with E-state index in [-0.39, 0.29) is 5.82 Å². The van der Waals surface area contributed by atoms with Gasteiger partial charge in [-0.25, -0.2) is 4.39 Å². The molecule has 0 fully saturated rings. The standard InChI is InChI=1S/C13H20FNO2/c1-9-6-10(2)13(11(14)7-9)12(15)8-17-5-4-16-3/h6-7,12H,4-5,8,15H2,1-3H3. The summed E-state index contributed by atoms with van der Waals surface area (Å²) in [5.41, 5.74) is 8.22. The second-order valence-electron chi connectivity index (χ2n) is 4.15. The maximum atomic E-state index is 13.8. The fourth-order valence-electron chi connectivity index (χ4n) is 1.83. The van der Waals surface area contributed by atoms with Crippen molar-refractivity contribution >= 4 is 0 Å². The lowest BCUT2D eigenvalue weighted by molar-refractivity contribution is 0.0631. The van der Waals surface area contributed by atoms with Gasteiger partial charge in [0.15, 0.2) is 0 Å². The molecule has 4 heteroatoms. The molecule has 1 aromatic rings. The fourth-order valence-corrected chi connectivity index (χ4v) is 1.83. The Morgan fingerprint density at radius 1 is 1.29 bits per heavy atom. The molecule has 0 radical (unpaired) electrons. The molecular formula is C13H20FNO2. The van der Waals surface area contributed by atoms with E-state index in [1.165, 1.54) is 6.07 Å². The SMILES string of the molecule is COCCOCC(N)c1c(C)cc(C)cc1F. The first-order valence-electron chi connectivity index (χ1n) is 5.65. The van der Waals surface area contributed by atoms with E-state index in [0.29, 0.717) is 25.4 Å². The molecule has 0 saturated carbocycles. The van der Waals surface area contributed by atoms with Crippen molar-refractivity contribution in [2.75, 3.05) is 26.9 Å². The van der Waals surface area contributed by atoms with Gasteiger partial charge in [-0.1, -0.05) is 6.07 Å². The van der Waals surface area contributed by atoms with E-state index >= 15 is 0 Å². The Bertz CT molecular complexity index is 345. The zero-order chi connectivity index (χ0) is 12.8. The van der Waals surface area contributed by atoms with Crippen molar-refractivity contribution in [3.63, 3.8) is 0 Å². The van der Waals surface area contributed by atoms with Crippen LogP contribution in [0.15, 0.2) is 12.1 Å². The van der Waals surface area contributed by atoms with Crippen LogP contribution in [0.1, 0.15) is 22.7 Å². The highest BCUT2D eigenvalue weighted by Gasteiger charge is 2.14. The Balaban J connectivity index is 2.65. The van der Waals surface area contributed by atoms with Crippen molar-refractivity contribution in [3.05, 3.63) is 34.6 Å². The first kappa shape index (κ1) is 14.1. The van der Waals surface area contributed by atoms with Gasteiger partial charge in [-0.15, -0.1) is 0 Å². The lowest BCUT2D eigenvalue weighted by Crippen LogP contribution is -2.21. The summed E-state index contributed by atoms with van der Waals surface area (Å²) in [5, 5.41) is 0. The Morgan fingerprint density at radius 2 is 2.00 bits per heavy atom. The third kappa shape index (κ3) is 4.07. The van der Waals surface area contributed by atoms with Crippen molar-refractivity contribution in [2.24, 2.45) is 5.73 Å². The minimum absolute atomic E-state index is 0.259. The zero-order valence-electron chi connectivity index (χ0n) is 10.6. The maximum Gasteiger partial charge on any atom is 0.128 e. The van der Waals surface area contributed by atoms with Gasteiger partial charge in [-0.2, -0.15) is 0 Å². The summed E-state index contributed by atoms with van der Waals surface area (Å²) in [4.78, 5) is 0. The molecule has 1 atom stereocenters. The summed E-state index contributed by atoms with van der Waals surface area (Å²) in [6.45, 7) is 5.00. The molecule has 17 heavy (non-hydrogen) atoms. The molecule has 0 saturated heterocycles. The molecule has 3 nitrogen and oxygen atoms in total. The number of ether oxygens (including phenoxy) is 2. The monoisotopic (exact) mass is 241 g/mol. The van der Waals surface area contributed by atoms with Gasteiger partial charge in [0, 0.05) is 12.7 Å². The molecule has 0 spiro atoms. The van der Waals surface area contributed by atoms with Crippen LogP contribution in [0, 0.1) is 19.7 Å². The van der Waals surface area contributed by atoms with Crippen LogP contribution in [0.5, 0.6) is 0 Å². The van der Waals surface area contributed by atoms with Gasteiger partial charge in [0.25, 0.3) is 0 Å². The summed E-state index contributed by atoms with van der Waals surface area (Å²) < 4.78 is 23.9. The average Bonchev–Trinajstić information content (AvgIpc) is 2.23. The molecule has 1 rings (SSSR count). The first-order chi connectivity index (χ1) is 8.06. The quantitative estimate of drug-likeness (QED) is 0.776. The van der Waals surface area contributed by atoms with E-state index in [0.717, 1.165) is 11.1 Å². The van der Waals surface area contributed by atoms with Crippen molar-refractivity contribution in [1.29, 1.82) is 0 Å². The van der Waals surface area contributed by atoms with E-state index in [2.05, 4.69) is 0 Å². The summed E-state index contributed by atoms with van der Waals surface area (Å²) in [7, 11) is 1.60. The third-order valence-corrected chi connectivity index (χ3v) is 2.58. The van der Waals surface area contributed by atoms with Gasteiger partial charge in [0.2, 0.25) is 0 Å². The number of benzene rings is 1. The van der Waals surface area contributed by atoms with E-state index in [1.807, 2.05) is 19.9 Å². The largest absolute Gasteiger partial charge is 0.382 e. The molecule has 1 aromatic carbocycles. The molecule has 0 aromatic heterocycles. The molecular weight excluding hydrogens is 221 g/mol. The van der Waals surface area contributed by atoms with Crippen LogP contribution in [-0.4, -0.2) is 26.9 Å². The smallest absolute Gasteiger partial charge is 0.128 e. The predicted molar refractivity (Wildman–Crippen MR) is 65.5 cm³/mol. The van der Waals surface area contributed by atoms with Crippen LogP contribution in [-0.2, 0) is 9.47 Å². The minimum atomic E-state index is -0.438. The van der Waals surface area contributed by atoms with Crippen molar-refractivity contribution in [1.82, 2.24) is 0 Å². The van der Waals surface area contributed by atoms with E-state index < -0.39 is 6.04 Å². The van der Waals surface area contributed by atoms with Crippen LogP contribution < -0.4 is 5.73 Å². The topological polar surface area (TPSA) is 44.5 Å². The van der Waals surface area contributed by atoms with Crippen LogP contribution >= 0.6 is 0 Å². The molecule has 2 N–H and O–H groups in total. The van der Waals surface area contributed by atoms with Gasteiger partial charge >= 0.3 is 0 Å². The van der Waals surface area contributed by atoms with Crippen molar-refractivity contribution in [3.8, 4) is 0 Å². The summed E-state index contributed by atoms with van der Waals surface area (Å²) in [6, 6.07) is 2.98. The van der Waals surface area contributed by atoms with Gasteiger partial charge in [0.1, 0.15) is 5.82 Å². The number of hydrogen-bond acceptors (Lipinski definition) is 3. The Kier molecular flexibility index (Phi) is 5.55. The molecule has 0 bridgehead atoms. The molecule has 0 amide bonds. The van der Waals surface area contributed by atoms with Crippen molar-refractivity contribution < 1.29 is 13.9 Å². The molecule has 96 valence electrons. The highest BCUT2D eigenvalue weighted by Crippen LogP contribution is 2.21. The lowest BCUT2D eigenvalue weighted by Gasteiger charge is -2.16. The number of hydrogen-bond donors (Lipinski definition) is 1. The summed E-state index contributed by atoms with van der Waals surface area (Å²) in [5.74, 6) is -0.259. The zero-order valence-corrected chi connectivity index (χ0v) is 10.6. The minimum Gasteiger partial charge on any atom is -0.382 e. The van der Waals surface area contributed by atoms with Gasteiger partial charge < -0.3 is 15.2 Å². The number of halogens is 1. The van der Waals surface area contributed by atoms with Crippen LogP contribution in [0.2, 0.25) is 0 Å². The van der Waals surface area contributed by atoms with E-state index in [1.54, 1.807) is 7.11 Å². The number of aryl methyl sites for hydroxylation is 2. The Morgan fingerprint density at radius 3 is 2.59 bits per heavy atom. The average molecular weight is 241 g/mol. The second kappa shape index (κ2) is 6.69. The predicted octanol–water partition coefficient (Wildman–Crippen LogP) is 2.11.